The predicted octanol–water partition coefficient (Wildman–Crippen LogP) is 3.26. The van der Waals surface area contributed by atoms with Crippen LogP contribution < -0.4 is 15.4 Å². The molecule has 142 valence electrons. The minimum absolute atomic E-state index is 0.255. The standard InChI is InChI=1S/C19H17ClN6O2/c1-11-16(18(27)22-14-7-5-13(20)6-8-14)17(26-19(21-11)23-24-25-26)12-3-9-15(28-2)10-4-12/h3-10,17H,1-2H3,(H,22,27)(H,21,23,25). The molecule has 2 heterocycles. The molecule has 0 spiro atoms. The number of rotatable bonds is 4. The lowest BCUT2D eigenvalue weighted by atomic mass is 9.95. The van der Waals surface area contributed by atoms with E-state index in [1.165, 1.54) is 0 Å². The van der Waals surface area contributed by atoms with Crippen LogP contribution in [0.3, 0.4) is 0 Å². The molecule has 1 atom stereocenters. The number of ether oxygens (including phenoxy) is 1. The largest absolute Gasteiger partial charge is 0.497 e. The summed E-state index contributed by atoms with van der Waals surface area (Å²) in [6.07, 6.45) is 0. The SMILES string of the molecule is COc1ccc(C2C(C(=O)Nc3ccc(Cl)cc3)=C(C)Nc3nnnn32)cc1. The summed E-state index contributed by atoms with van der Waals surface area (Å²) < 4.78 is 6.82. The van der Waals surface area contributed by atoms with Crippen molar-refractivity contribution in [2.45, 2.75) is 13.0 Å². The Morgan fingerprint density at radius 3 is 2.57 bits per heavy atom. The van der Waals surface area contributed by atoms with Crippen LogP contribution in [0.2, 0.25) is 5.02 Å². The molecule has 2 N–H and O–H groups in total. The number of tetrazole rings is 1. The maximum absolute atomic E-state index is 13.2. The first-order chi connectivity index (χ1) is 13.6. The Bertz CT molecular complexity index is 1040. The third kappa shape index (κ3) is 3.29. The van der Waals surface area contributed by atoms with Gasteiger partial charge in [-0.2, -0.15) is 4.68 Å². The zero-order chi connectivity index (χ0) is 19.7. The van der Waals surface area contributed by atoms with Crippen LogP contribution in [0.15, 0.2) is 59.8 Å². The molecule has 0 saturated carbocycles. The second-order valence-electron chi connectivity index (χ2n) is 6.25. The summed E-state index contributed by atoms with van der Waals surface area (Å²) in [6.45, 7) is 1.82. The highest BCUT2D eigenvalue weighted by Gasteiger charge is 2.34. The number of carbonyl (C=O) groups excluding carboxylic acids is 1. The summed E-state index contributed by atoms with van der Waals surface area (Å²) in [4.78, 5) is 13.2. The number of amides is 1. The molecule has 0 fully saturated rings. The second kappa shape index (κ2) is 7.32. The number of anilines is 2. The minimum Gasteiger partial charge on any atom is -0.497 e. The van der Waals surface area contributed by atoms with E-state index in [-0.39, 0.29) is 5.91 Å². The highest BCUT2D eigenvalue weighted by atomic mass is 35.5. The molecular formula is C19H17ClN6O2. The molecule has 3 aromatic rings. The minimum atomic E-state index is -0.482. The normalized spacial score (nSPS) is 15.6. The highest BCUT2D eigenvalue weighted by Crippen LogP contribution is 2.35. The van der Waals surface area contributed by atoms with E-state index in [9.17, 15) is 4.79 Å². The van der Waals surface area contributed by atoms with Crippen molar-refractivity contribution in [1.29, 1.82) is 0 Å². The van der Waals surface area contributed by atoms with Crippen LogP contribution in [0.25, 0.3) is 0 Å². The fourth-order valence-corrected chi connectivity index (χ4v) is 3.26. The third-order valence-electron chi connectivity index (χ3n) is 4.49. The maximum atomic E-state index is 13.2. The molecule has 28 heavy (non-hydrogen) atoms. The van der Waals surface area contributed by atoms with E-state index >= 15 is 0 Å². The number of nitrogens with zero attached hydrogens (tertiary/aromatic N) is 4. The molecule has 0 radical (unpaired) electrons. The van der Waals surface area contributed by atoms with Gasteiger partial charge in [-0.15, -0.1) is 0 Å². The zero-order valence-corrected chi connectivity index (χ0v) is 15.9. The Morgan fingerprint density at radius 2 is 1.89 bits per heavy atom. The smallest absolute Gasteiger partial charge is 0.255 e. The van der Waals surface area contributed by atoms with E-state index in [1.807, 2.05) is 31.2 Å². The van der Waals surface area contributed by atoms with Gasteiger partial charge in [-0.3, -0.25) is 4.79 Å². The van der Waals surface area contributed by atoms with Gasteiger partial charge in [0.05, 0.1) is 12.7 Å². The number of allylic oxidation sites excluding steroid dienone is 1. The van der Waals surface area contributed by atoms with Crippen molar-refractivity contribution < 1.29 is 9.53 Å². The van der Waals surface area contributed by atoms with Crippen LogP contribution in [-0.2, 0) is 4.79 Å². The Morgan fingerprint density at radius 1 is 1.18 bits per heavy atom. The second-order valence-corrected chi connectivity index (χ2v) is 6.68. The van der Waals surface area contributed by atoms with Crippen LogP contribution in [-0.4, -0.2) is 33.2 Å². The Kier molecular flexibility index (Phi) is 4.70. The molecule has 1 aromatic heterocycles. The van der Waals surface area contributed by atoms with Crippen molar-refractivity contribution >= 4 is 29.1 Å². The highest BCUT2D eigenvalue weighted by molar-refractivity contribution is 6.30. The number of nitrogens with one attached hydrogen (secondary N) is 2. The van der Waals surface area contributed by atoms with E-state index in [0.29, 0.717) is 27.9 Å². The van der Waals surface area contributed by atoms with E-state index in [2.05, 4.69) is 26.2 Å². The first-order valence-corrected chi connectivity index (χ1v) is 8.91. The Hall–Kier alpha value is -3.39. The summed E-state index contributed by atoms with van der Waals surface area (Å²) in [6, 6.07) is 13.9. The van der Waals surface area contributed by atoms with Gasteiger partial charge in [-0.05, 0) is 59.3 Å². The summed E-state index contributed by atoms with van der Waals surface area (Å²) in [5, 5.41) is 18.4. The number of hydrogen-bond acceptors (Lipinski definition) is 6. The number of carbonyl (C=O) groups is 1. The van der Waals surface area contributed by atoms with E-state index in [0.717, 1.165) is 11.3 Å². The van der Waals surface area contributed by atoms with Crippen molar-refractivity contribution in [2.75, 3.05) is 17.7 Å². The molecule has 2 aromatic carbocycles. The number of methoxy groups -OCH3 is 1. The summed E-state index contributed by atoms with van der Waals surface area (Å²) >= 11 is 5.92. The van der Waals surface area contributed by atoms with Gasteiger partial charge in [0.25, 0.3) is 5.91 Å². The topological polar surface area (TPSA) is 94.0 Å². The summed E-state index contributed by atoms with van der Waals surface area (Å²) in [5.74, 6) is 0.943. The van der Waals surface area contributed by atoms with Crippen LogP contribution in [0.5, 0.6) is 5.75 Å². The van der Waals surface area contributed by atoms with Gasteiger partial charge in [0.1, 0.15) is 11.8 Å². The molecule has 1 aliphatic rings. The lowest BCUT2D eigenvalue weighted by Gasteiger charge is -2.28. The van der Waals surface area contributed by atoms with Crippen molar-refractivity contribution in [3.8, 4) is 5.75 Å². The van der Waals surface area contributed by atoms with Gasteiger partial charge < -0.3 is 15.4 Å². The van der Waals surface area contributed by atoms with Crippen LogP contribution in [0, 0.1) is 0 Å². The molecule has 1 aliphatic heterocycles. The lowest BCUT2D eigenvalue weighted by Crippen LogP contribution is -2.31. The molecule has 4 rings (SSSR count). The van der Waals surface area contributed by atoms with Gasteiger partial charge in [0.2, 0.25) is 5.95 Å². The number of fused-ring (bicyclic) bond motifs is 1. The van der Waals surface area contributed by atoms with Crippen molar-refractivity contribution in [1.82, 2.24) is 20.2 Å². The van der Waals surface area contributed by atoms with Crippen molar-refractivity contribution in [3.63, 3.8) is 0 Å². The van der Waals surface area contributed by atoms with Gasteiger partial charge in [-0.1, -0.05) is 28.8 Å². The molecule has 8 nitrogen and oxygen atoms in total. The third-order valence-corrected chi connectivity index (χ3v) is 4.74. The van der Waals surface area contributed by atoms with Gasteiger partial charge in [-0.25, -0.2) is 0 Å². The zero-order valence-electron chi connectivity index (χ0n) is 15.2. The predicted molar refractivity (Wildman–Crippen MR) is 105 cm³/mol. The average molecular weight is 397 g/mol. The van der Waals surface area contributed by atoms with Crippen LogP contribution in [0.1, 0.15) is 18.5 Å². The fourth-order valence-electron chi connectivity index (χ4n) is 3.13. The Labute approximate surface area is 166 Å². The molecule has 1 unspecified atom stereocenters. The monoisotopic (exact) mass is 396 g/mol. The maximum Gasteiger partial charge on any atom is 0.255 e. The molecule has 1 amide bonds. The fraction of sp³-hybridized carbons (Fsp3) is 0.158. The molecule has 0 bridgehead atoms. The van der Waals surface area contributed by atoms with Crippen LogP contribution >= 0.6 is 11.6 Å². The van der Waals surface area contributed by atoms with Gasteiger partial charge in [0, 0.05) is 16.4 Å². The summed E-state index contributed by atoms with van der Waals surface area (Å²) in [5.41, 5.74) is 2.69. The van der Waals surface area contributed by atoms with E-state index < -0.39 is 6.04 Å². The molecule has 9 heteroatoms. The molecule has 0 saturated heterocycles. The first-order valence-electron chi connectivity index (χ1n) is 8.53. The lowest BCUT2D eigenvalue weighted by molar-refractivity contribution is -0.113. The quantitative estimate of drug-likeness (QED) is 0.703. The number of halogens is 1. The average Bonchev–Trinajstić information content (AvgIpc) is 3.16. The molecular weight excluding hydrogens is 380 g/mol. The van der Waals surface area contributed by atoms with E-state index in [4.69, 9.17) is 16.3 Å². The number of hydrogen-bond donors (Lipinski definition) is 2. The van der Waals surface area contributed by atoms with Gasteiger partial charge >= 0.3 is 0 Å². The Balaban J connectivity index is 1.73. The van der Waals surface area contributed by atoms with Gasteiger partial charge in [0.15, 0.2) is 0 Å². The van der Waals surface area contributed by atoms with E-state index in [1.54, 1.807) is 36.1 Å². The first kappa shape index (κ1) is 18.0. The summed E-state index contributed by atoms with van der Waals surface area (Å²) in [7, 11) is 1.61. The van der Waals surface area contributed by atoms with Crippen molar-refractivity contribution in [3.05, 3.63) is 70.4 Å². The van der Waals surface area contributed by atoms with Crippen molar-refractivity contribution in [2.24, 2.45) is 0 Å². The molecule has 0 aliphatic carbocycles. The number of aromatic nitrogens is 4. The number of benzene rings is 2. The van der Waals surface area contributed by atoms with Crippen LogP contribution in [0.4, 0.5) is 11.6 Å².